The second-order valence-corrected chi connectivity index (χ2v) is 7.75. The lowest BCUT2D eigenvalue weighted by molar-refractivity contribution is 0.141. The van der Waals surface area contributed by atoms with Crippen molar-refractivity contribution in [2.24, 2.45) is 10.9 Å². The van der Waals surface area contributed by atoms with Gasteiger partial charge < -0.3 is 20.3 Å². The molecule has 2 N–H and O–H groups in total. The normalized spacial score (nSPS) is 20.1. The van der Waals surface area contributed by atoms with Crippen LogP contribution in [0.3, 0.4) is 0 Å². The van der Waals surface area contributed by atoms with Crippen LogP contribution in [0.2, 0.25) is 5.02 Å². The summed E-state index contributed by atoms with van der Waals surface area (Å²) in [6.07, 6.45) is 2.59. The summed E-state index contributed by atoms with van der Waals surface area (Å²) >= 11 is 5.90. The Balaban J connectivity index is 1.71. The Morgan fingerprint density at radius 3 is 2.65 bits per heavy atom. The van der Waals surface area contributed by atoms with E-state index in [1.807, 2.05) is 31.2 Å². The molecule has 2 unspecified atom stereocenters. The highest BCUT2D eigenvalue weighted by Gasteiger charge is 2.21. The fraction of sp³-hybridized carbons (Fsp3) is 0.650. The summed E-state index contributed by atoms with van der Waals surface area (Å²) in [6.45, 7) is 10.6. The summed E-state index contributed by atoms with van der Waals surface area (Å²) in [4.78, 5) is 6.89. The summed E-state index contributed by atoms with van der Waals surface area (Å²) in [6, 6.07) is 8.07. The zero-order valence-electron chi connectivity index (χ0n) is 16.5. The van der Waals surface area contributed by atoms with E-state index >= 15 is 0 Å². The van der Waals surface area contributed by atoms with Crippen molar-refractivity contribution < 1.29 is 4.74 Å². The molecule has 0 bridgehead atoms. The van der Waals surface area contributed by atoms with E-state index in [4.69, 9.17) is 16.3 Å². The average Bonchev–Trinajstić information content (AvgIpc) is 2.64. The second-order valence-electron chi connectivity index (χ2n) is 7.31. The Morgan fingerprint density at radius 2 is 2.00 bits per heavy atom. The number of piperidine rings is 1. The van der Waals surface area contributed by atoms with Crippen molar-refractivity contribution in [1.29, 1.82) is 0 Å². The minimum absolute atomic E-state index is 0.0286. The first-order chi connectivity index (χ1) is 12.5. The van der Waals surface area contributed by atoms with E-state index < -0.39 is 0 Å². The van der Waals surface area contributed by atoms with Gasteiger partial charge in [0.2, 0.25) is 0 Å². The maximum atomic E-state index is 5.90. The Bertz CT molecular complexity index is 561. The molecule has 5 nitrogen and oxygen atoms in total. The zero-order valence-corrected chi connectivity index (χ0v) is 17.2. The van der Waals surface area contributed by atoms with Crippen molar-refractivity contribution >= 4 is 17.6 Å². The van der Waals surface area contributed by atoms with E-state index in [0.717, 1.165) is 24.8 Å². The maximum Gasteiger partial charge on any atom is 0.191 e. The van der Waals surface area contributed by atoms with Gasteiger partial charge in [0.15, 0.2) is 5.96 Å². The molecule has 6 heteroatoms. The lowest BCUT2D eigenvalue weighted by atomic mass is 9.97. The van der Waals surface area contributed by atoms with E-state index in [-0.39, 0.29) is 6.10 Å². The first-order valence-electron chi connectivity index (χ1n) is 9.58. The van der Waals surface area contributed by atoms with Crippen LogP contribution in [0.4, 0.5) is 0 Å². The van der Waals surface area contributed by atoms with E-state index in [9.17, 15) is 0 Å². The minimum atomic E-state index is 0.0286. The van der Waals surface area contributed by atoms with Crippen molar-refractivity contribution in [3.63, 3.8) is 0 Å². The molecule has 1 aromatic carbocycles. The Kier molecular flexibility index (Phi) is 8.52. The van der Waals surface area contributed by atoms with Gasteiger partial charge in [0.25, 0.3) is 0 Å². The molecule has 0 spiro atoms. The largest absolute Gasteiger partial charge is 0.489 e. The summed E-state index contributed by atoms with van der Waals surface area (Å²) in [7, 11) is 1.81. The van der Waals surface area contributed by atoms with E-state index in [0.29, 0.717) is 23.5 Å². The van der Waals surface area contributed by atoms with Crippen LogP contribution in [0.25, 0.3) is 0 Å². The third kappa shape index (κ3) is 7.04. The van der Waals surface area contributed by atoms with Gasteiger partial charge in [-0.15, -0.1) is 0 Å². The van der Waals surface area contributed by atoms with Gasteiger partial charge in [0, 0.05) is 31.2 Å². The lowest BCUT2D eigenvalue weighted by Gasteiger charge is -2.35. The first-order valence-corrected chi connectivity index (χ1v) is 9.96. The number of nitrogens with one attached hydrogen (secondary N) is 2. The number of nitrogens with zero attached hydrogens (tertiary/aromatic N) is 2. The molecule has 1 heterocycles. The number of hydrogen-bond donors (Lipinski definition) is 2. The van der Waals surface area contributed by atoms with Crippen LogP contribution >= 0.6 is 11.6 Å². The van der Waals surface area contributed by atoms with E-state index in [1.54, 1.807) is 7.05 Å². The molecular weight excluding hydrogens is 348 g/mol. The number of aliphatic imine (C=N–C) groups is 1. The lowest BCUT2D eigenvalue weighted by Crippen LogP contribution is -2.47. The SMILES string of the molecule is CN=C(NCC1CCCN(C(C)C)C1)NCC(C)Oc1ccc(Cl)cc1. The number of rotatable bonds is 7. The molecule has 2 atom stereocenters. The third-order valence-corrected chi connectivity index (χ3v) is 5.02. The summed E-state index contributed by atoms with van der Waals surface area (Å²) in [5.41, 5.74) is 0. The molecule has 146 valence electrons. The fourth-order valence-corrected chi connectivity index (χ4v) is 3.35. The zero-order chi connectivity index (χ0) is 18.9. The van der Waals surface area contributed by atoms with Crippen molar-refractivity contribution in [3.05, 3.63) is 29.3 Å². The highest BCUT2D eigenvalue weighted by molar-refractivity contribution is 6.30. The smallest absolute Gasteiger partial charge is 0.191 e. The van der Waals surface area contributed by atoms with Crippen LogP contribution in [-0.4, -0.2) is 56.2 Å². The van der Waals surface area contributed by atoms with Crippen LogP contribution in [-0.2, 0) is 0 Å². The molecule has 2 rings (SSSR count). The Morgan fingerprint density at radius 1 is 1.27 bits per heavy atom. The molecule has 0 aromatic heterocycles. The van der Waals surface area contributed by atoms with Gasteiger partial charge in [0.1, 0.15) is 11.9 Å². The van der Waals surface area contributed by atoms with Crippen LogP contribution in [0.5, 0.6) is 5.75 Å². The Hall–Kier alpha value is -1.46. The van der Waals surface area contributed by atoms with Gasteiger partial charge in [-0.3, -0.25) is 4.99 Å². The standard InChI is InChI=1S/C20H33ClN4O/c1-15(2)25-11-5-6-17(14-25)13-24-20(22-4)23-12-16(3)26-19-9-7-18(21)8-10-19/h7-10,15-17H,5-6,11-14H2,1-4H3,(H2,22,23,24). The quantitative estimate of drug-likeness (QED) is 0.562. The molecule has 1 aliphatic rings. The summed E-state index contributed by atoms with van der Waals surface area (Å²) in [5, 5.41) is 7.53. The van der Waals surface area contributed by atoms with Crippen LogP contribution in [0, 0.1) is 5.92 Å². The number of halogens is 1. The fourth-order valence-electron chi connectivity index (χ4n) is 3.22. The number of benzene rings is 1. The molecule has 1 aromatic rings. The molecule has 0 aliphatic carbocycles. The average molecular weight is 381 g/mol. The molecule has 1 aliphatic heterocycles. The second kappa shape index (κ2) is 10.6. The predicted molar refractivity (Wildman–Crippen MR) is 110 cm³/mol. The predicted octanol–water partition coefficient (Wildman–Crippen LogP) is 3.39. The minimum Gasteiger partial charge on any atom is -0.489 e. The molecule has 0 saturated carbocycles. The Labute approximate surface area is 163 Å². The van der Waals surface area contributed by atoms with Crippen molar-refractivity contribution in [3.8, 4) is 5.75 Å². The van der Waals surface area contributed by atoms with E-state index in [2.05, 4.69) is 34.4 Å². The monoisotopic (exact) mass is 380 g/mol. The number of likely N-dealkylation sites (tertiary alicyclic amines) is 1. The molecule has 0 radical (unpaired) electrons. The van der Waals surface area contributed by atoms with Crippen molar-refractivity contribution in [2.75, 3.05) is 33.2 Å². The van der Waals surface area contributed by atoms with Gasteiger partial charge in [-0.25, -0.2) is 0 Å². The highest BCUT2D eigenvalue weighted by atomic mass is 35.5. The van der Waals surface area contributed by atoms with Crippen LogP contribution in [0.15, 0.2) is 29.3 Å². The van der Waals surface area contributed by atoms with Gasteiger partial charge >= 0.3 is 0 Å². The van der Waals surface area contributed by atoms with Gasteiger partial charge in [-0.2, -0.15) is 0 Å². The molecule has 0 amide bonds. The highest BCUT2D eigenvalue weighted by Crippen LogP contribution is 2.18. The van der Waals surface area contributed by atoms with Crippen LogP contribution < -0.4 is 15.4 Å². The number of guanidine groups is 1. The number of hydrogen-bond acceptors (Lipinski definition) is 3. The van der Waals surface area contributed by atoms with Gasteiger partial charge in [-0.1, -0.05) is 11.6 Å². The van der Waals surface area contributed by atoms with Gasteiger partial charge in [0.05, 0.1) is 6.54 Å². The molecule has 1 saturated heterocycles. The molecular formula is C20H33ClN4O. The first kappa shape index (κ1) is 20.8. The summed E-state index contributed by atoms with van der Waals surface area (Å²) in [5.74, 6) is 2.33. The topological polar surface area (TPSA) is 48.9 Å². The third-order valence-electron chi connectivity index (χ3n) is 4.77. The number of ether oxygens (including phenoxy) is 1. The molecule has 1 fully saturated rings. The van der Waals surface area contributed by atoms with Crippen molar-refractivity contribution in [1.82, 2.24) is 15.5 Å². The van der Waals surface area contributed by atoms with E-state index in [1.165, 1.54) is 19.4 Å². The van der Waals surface area contributed by atoms with Crippen molar-refractivity contribution in [2.45, 2.75) is 45.8 Å². The van der Waals surface area contributed by atoms with Crippen LogP contribution in [0.1, 0.15) is 33.6 Å². The molecule has 26 heavy (non-hydrogen) atoms. The van der Waals surface area contributed by atoms with Gasteiger partial charge in [-0.05, 0) is 70.3 Å². The summed E-state index contributed by atoms with van der Waals surface area (Å²) < 4.78 is 5.89. The maximum absolute atomic E-state index is 5.90.